The molecular formula is C34H70O5. The summed E-state index contributed by atoms with van der Waals surface area (Å²) in [6.07, 6.45) is -1.46. The number of aliphatic hydroxyl groups is 5. The minimum absolute atomic E-state index is 0.00174. The normalized spacial score (nSPS) is 26.8. The monoisotopic (exact) mass is 559 g/mol. The van der Waals surface area contributed by atoms with E-state index in [1.807, 2.05) is 13.8 Å². The van der Waals surface area contributed by atoms with Crippen molar-refractivity contribution in [2.24, 2.45) is 76.9 Å². The average molecular weight is 559 g/mol. The standard InChI is InChI=1S/C34H70O5/c1-16-17(2)31(36)23(8)19(4)25(10)33(38)27(12)21(6)29(14)34(39)28(13)20(5)26(11)32(37)24(9)18(3)22(7)30(15)35/h17-39H,16H2,1-15H3. The van der Waals surface area contributed by atoms with Crippen molar-refractivity contribution < 1.29 is 25.5 Å². The van der Waals surface area contributed by atoms with Crippen molar-refractivity contribution in [2.45, 2.75) is 141 Å². The molecule has 0 aromatic rings. The van der Waals surface area contributed by atoms with Crippen LogP contribution >= 0.6 is 0 Å². The fourth-order valence-corrected chi connectivity index (χ4v) is 6.73. The van der Waals surface area contributed by atoms with E-state index in [1.54, 1.807) is 0 Å². The van der Waals surface area contributed by atoms with Crippen LogP contribution in [0.2, 0.25) is 0 Å². The molecule has 39 heavy (non-hydrogen) atoms. The Morgan fingerprint density at radius 3 is 0.718 bits per heavy atom. The minimum atomic E-state index is -0.553. The van der Waals surface area contributed by atoms with Gasteiger partial charge in [-0.2, -0.15) is 0 Å². The first kappa shape index (κ1) is 38.8. The lowest BCUT2D eigenvalue weighted by Crippen LogP contribution is -2.44. The van der Waals surface area contributed by atoms with Crippen molar-refractivity contribution in [3.8, 4) is 0 Å². The molecule has 0 aromatic heterocycles. The molecule has 0 aliphatic heterocycles. The van der Waals surface area contributed by atoms with Crippen molar-refractivity contribution in [1.82, 2.24) is 0 Å². The lowest BCUT2D eigenvalue weighted by atomic mass is 9.67. The molecule has 0 fully saturated rings. The maximum atomic E-state index is 11.5. The van der Waals surface area contributed by atoms with E-state index < -0.39 is 24.4 Å². The van der Waals surface area contributed by atoms with Gasteiger partial charge in [0.15, 0.2) is 0 Å². The highest BCUT2D eigenvalue weighted by Crippen LogP contribution is 2.39. The van der Waals surface area contributed by atoms with Crippen LogP contribution in [-0.4, -0.2) is 56.1 Å². The molecule has 0 aromatic carbocycles. The largest absolute Gasteiger partial charge is 0.393 e. The summed E-state index contributed by atoms with van der Waals surface area (Å²) in [6, 6.07) is 0. The molecule has 236 valence electrons. The van der Waals surface area contributed by atoms with Crippen molar-refractivity contribution in [3.63, 3.8) is 0 Å². The lowest BCUT2D eigenvalue weighted by Gasteiger charge is -2.42. The first-order valence-electron chi connectivity index (χ1n) is 16.2. The quantitative estimate of drug-likeness (QED) is 0.132. The Bertz CT molecular complexity index is 655. The number of hydrogen-bond donors (Lipinski definition) is 5. The number of aliphatic hydroxyl groups excluding tert-OH is 5. The lowest BCUT2D eigenvalue weighted by molar-refractivity contribution is -0.0599. The minimum Gasteiger partial charge on any atom is -0.393 e. The van der Waals surface area contributed by atoms with Crippen LogP contribution in [0.4, 0.5) is 0 Å². The summed E-state index contributed by atoms with van der Waals surface area (Å²) in [5.41, 5.74) is 0. The molecule has 0 radical (unpaired) electrons. The van der Waals surface area contributed by atoms with Crippen LogP contribution in [0.3, 0.4) is 0 Å². The first-order chi connectivity index (χ1) is 17.8. The van der Waals surface area contributed by atoms with Gasteiger partial charge in [0, 0.05) is 0 Å². The van der Waals surface area contributed by atoms with Gasteiger partial charge in [-0.05, 0) is 83.9 Å². The van der Waals surface area contributed by atoms with Crippen molar-refractivity contribution >= 4 is 0 Å². The smallest absolute Gasteiger partial charge is 0.0596 e. The van der Waals surface area contributed by atoms with E-state index in [0.29, 0.717) is 0 Å². The summed E-state index contributed by atoms with van der Waals surface area (Å²) in [7, 11) is 0. The van der Waals surface area contributed by atoms with Crippen molar-refractivity contribution in [2.75, 3.05) is 0 Å². The van der Waals surface area contributed by atoms with Crippen LogP contribution < -0.4 is 0 Å². The highest BCUT2D eigenvalue weighted by molar-refractivity contribution is 4.89. The maximum Gasteiger partial charge on any atom is 0.0596 e. The third-order valence-corrected chi connectivity index (χ3v) is 12.4. The Labute approximate surface area is 243 Å². The van der Waals surface area contributed by atoms with Crippen molar-refractivity contribution in [1.29, 1.82) is 0 Å². The topological polar surface area (TPSA) is 101 Å². The fourth-order valence-electron chi connectivity index (χ4n) is 6.73. The third kappa shape index (κ3) is 9.94. The third-order valence-electron chi connectivity index (χ3n) is 12.4. The van der Waals surface area contributed by atoms with Gasteiger partial charge >= 0.3 is 0 Å². The van der Waals surface area contributed by atoms with Crippen LogP contribution in [0.25, 0.3) is 0 Å². The second-order valence-electron chi connectivity index (χ2n) is 14.4. The Kier molecular flexibility index (Phi) is 17.0. The van der Waals surface area contributed by atoms with E-state index >= 15 is 0 Å². The second-order valence-corrected chi connectivity index (χ2v) is 14.4. The Hall–Kier alpha value is -0.200. The van der Waals surface area contributed by atoms with Gasteiger partial charge in [0.1, 0.15) is 0 Å². The molecule has 0 bridgehead atoms. The fraction of sp³-hybridized carbons (Fsp3) is 1.00. The molecule has 5 N–H and O–H groups in total. The summed E-state index contributed by atoms with van der Waals surface area (Å²) in [4.78, 5) is 0. The van der Waals surface area contributed by atoms with Gasteiger partial charge < -0.3 is 25.5 Å². The van der Waals surface area contributed by atoms with E-state index in [-0.39, 0.29) is 83.0 Å². The molecule has 5 heteroatoms. The zero-order valence-electron chi connectivity index (χ0n) is 28.3. The molecule has 0 saturated heterocycles. The molecule has 0 rings (SSSR count). The molecule has 0 saturated carbocycles. The predicted octanol–water partition coefficient (Wildman–Crippen LogP) is 6.49. The van der Waals surface area contributed by atoms with Gasteiger partial charge in [-0.1, -0.05) is 103 Å². The molecule has 0 heterocycles. The molecule has 0 aliphatic carbocycles. The summed E-state index contributed by atoms with van der Waals surface area (Å²) >= 11 is 0. The Morgan fingerprint density at radius 1 is 0.308 bits per heavy atom. The van der Waals surface area contributed by atoms with Gasteiger partial charge in [0.05, 0.1) is 30.5 Å². The van der Waals surface area contributed by atoms with E-state index in [4.69, 9.17) is 0 Å². The summed E-state index contributed by atoms with van der Waals surface area (Å²) in [5.74, 6) is 0.982. The van der Waals surface area contributed by atoms with E-state index in [9.17, 15) is 25.5 Å². The van der Waals surface area contributed by atoms with E-state index in [1.165, 1.54) is 0 Å². The van der Waals surface area contributed by atoms with Crippen LogP contribution in [0, 0.1) is 76.9 Å². The summed E-state index contributed by atoms with van der Waals surface area (Å²) in [6.45, 7) is 31.1. The zero-order valence-corrected chi connectivity index (χ0v) is 28.3. The first-order valence-corrected chi connectivity index (χ1v) is 16.2. The molecule has 5 nitrogen and oxygen atoms in total. The number of hydrogen-bond acceptors (Lipinski definition) is 5. The van der Waals surface area contributed by atoms with Crippen LogP contribution in [0.15, 0.2) is 0 Å². The van der Waals surface area contributed by atoms with Crippen LogP contribution in [-0.2, 0) is 0 Å². The second kappa shape index (κ2) is 17.0. The molecular weight excluding hydrogens is 488 g/mol. The van der Waals surface area contributed by atoms with E-state index in [0.717, 1.165) is 6.42 Å². The average Bonchev–Trinajstić information content (AvgIpc) is 2.93. The molecule has 18 atom stereocenters. The summed E-state index contributed by atoms with van der Waals surface area (Å²) in [5, 5.41) is 54.9. The van der Waals surface area contributed by atoms with Gasteiger partial charge in [-0.3, -0.25) is 0 Å². The van der Waals surface area contributed by atoms with E-state index in [2.05, 4.69) is 90.0 Å². The molecule has 0 amide bonds. The predicted molar refractivity (Wildman–Crippen MR) is 165 cm³/mol. The highest BCUT2D eigenvalue weighted by atomic mass is 16.3. The van der Waals surface area contributed by atoms with Gasteiger partial charge in [0.25, 0.3) is 0 Å². The van der Waals surface area contributed by atoms with Crippen LogP contribution in [0.5, 0.6) is 0 Å². The maximum absolute atomic E-state index is 11.5. The van der Waals surface area contributed by atoms with Crippen molar-refractivity contribution in [3.05, 3.63) is 0 Å². The SMILES string of the molecule is CCC(C)C(O)C(C)C(C)C(C)C(O)C(C)C(C)C(C)C(O)C(C)C(C)C(C)C(O)C(C)C(C)C(C)C(C)O. The molecule has 18 unspecified atom stereocenters. The summed E-state index contributed by atoms with van der Waals surface area (Å²) < 4.78 is 0. The zero-order chi connectivity index (χ0) is 31.1. The Morgan fingerprint density at radius 2 is 0.513 bits per heavy atom. The molecule has 0 aliphatic rings. The van der Waals surface area contributed by atoms with Gasteiger partial charge in [0.2, 0.25) is 0 Å². The van der Waals surface area contributed by atoms with Crippen LogP contribution in [0.1, 0.15) is 110 Å². The Balaban J connectivity index is 5.38. The highest BCUT2D eigenvalue weighted by Gasteiger charge is 2.40. The van der Waals surface area contributed by atoms with Gasteiger partial charge in [-0.25, -0.2) is 0 Å². The number of rotatable bonds is 18. The molecule has 0 spiro atoms. The van der Waals surface area contributed by atoms with Gasteiger partial charge in [-0.15, -0.1) is 0 Å².